The zero-order valence-corrected chi connectivity index (χ0v) is 18.2. The smallest absolute Gasteiger partial charge is 0.227 e. The van der Waals surface area contributed by atoms with E-state index in [2.05, 4.69) is 34.2 Å². The first-order valence-electron chi connectivity index (χ1n) is 10.5. The van der Waals surface area contributed by atoms with Crippen molar-refractivity contribution in [2.45, 2.75) is 0 Å². The summed E-state index contributed by atoms with van der Waals surface area (Å²) in [5.74, 6) is 2.02. The van der Waals surface area contributed by atoms with Crippen molar-refractivity contribution in [1.29, 1.82) is 0 Å². The normalized spacial score (nSPS) is 11.7. The van der Waals surface area contributed by atoms with Crippen molar-refractivity contribution in [3.63, 3.8) is 0 Å². The maximum absolute atomic E-state index is 5.99. The molecule has 0 radical (unpaired) electrons. The number of fused-ring (bicyclic) bond motifs is 2. The quantitative estimate of drug-likeness (QED) is 0.255. The molecule has 33 heavy (non-hydrogen) atoms. The van der Waals surface area contributed by atoms with E-state index in [0.717, 1.165) is 39.1 Å². The molecule has 0 saturated carbocycles. The van der Waals surface area contributed by atoms with Crippen molar-refractivity contribution in [2.75, 3.05) is 0 Å². The molecule has 6 rings (SSSR count). The highest BCUT2D eigenvalue weighted by Crippen LogP contribution is 2.29. The minimum atomic E-state index is 0.593. The zero-order chi connectivity index (χ0) is 22.2. The lowest BCUT2D eigenvalue weighted by atomic mass is 10.1. The van der Waals surface area contributed by atoms with Crippen LogP contribution >= 0.6 is 11.6 Å². The Hall–Kier alpha value is -4.15. The van der Waals surface area contributed by atoms with Crippen LogP contribution in [0.15, 0.2) is 111 Å². The van der Waals surface area contributed by atoms with Crippen LogP contribution in [-0.4, -0.2) is 11.2 Å². The molecule has 2 aromatic heterocycles. The summed E-state index contributed by atoms with van der Waals surface area (Å²) >= 11 is 5.96. The number of furan rings is 1. The average molecular weight is 449 g/mol. The lowest BCUT2D eigenvalue weighted by molar-refractivity contribution is 0.575. The Bertz CT molecular complexity index is 1630. The number of hydrogen-bond acceptors (Lipinski definition) is 4. The van der Waals surface area contributed by atoms with Gasteiger partial charge in [-0.3, -0.25) is 4.99 Å². The maximum Gasteiger partial charge on any atom is 0.227 e. The van der Waals surface area contributed by atoms with E-state index in [1.807, 2.05) is 72.8 Å². The molecule has 0 amide bonds. The summed E-state index contributed by atoms with van der Waals surface area (Å²) in [5.41, 5.74) is 4.16. The maximum atomic E-state index is 5.99. The Morgan fingerprint density at radius 3 is 2.42 bits per heavy atom. The monoisotopic (exact) mass is 448 g/mol. The van der Waals surface area contributed by atoms with E-state index in [0.29, 0.717) is 16.7 Å². The molecule has 0 N–H and O–H groups in total. The van der Waals surface area contributed by atoms with Gasteiger partial charge in [0.2, 0.25) is 5.89 Å². The molecule has 0 aliphatic carbocycles. The van der Waals surface area contributed by atoms with Gasteiger partial charge in [0.1, 0.15) is 17.0 Å². The molecule has 0 bridgehead atoms. The van der Waals surface area contributed by atoms with Crippen molar-refractivity contribution in [3.05, 3.63) is 108 Å². The van der Waals surface area contributed by atoms with E-state index in [9.17, 15) is 0 Å². The highest BCUT2D eigenvalue weighted by Gasteiger charge is 2.10. The van der Waals surface area contributed by atoms with Gasteiger partial charge in [-0.1, -0.05) is 41.9 Å². The van der Waals surface area contributed by atoms with Gasteiger partial charge >= 0.3 is 0 Å². The zero-order valence-electron chi connectivity index (χ0n) is 17.4. The number of aliphatic imine (C=N–C) groups is 1. The number of hydrogen-bond donors (Lipinski definition) is 0. The summed E-state index contributed by atoms with van der Waals surface area (Å²) in [7, 11) is 0. The van der Waals surface area contributed by atoms with Gasteiger partial charge in [0.25, 0.3) is 0 Å². The van der Waals surface area contributed by atoms with E-state index >= 15 is 0 Å². The molecule has 0 spiro atoms. The van der Waals surface area contributed by atoms with Crippen LogP contribution in [0.5, 0.6) is 0 Å². The second-order valence-corrected chi connectivity index (χ2v) is 8.14. The van der Waals surface area contributed by atoms with Gasteiger partial charge in [-0.25, -0.2) is 4.98 Å². The lowest BCUT2D eigenvalue weighted by Gasteiger charge is -1.99. The van der Waals surface area contributed by atoms with Crippen molar-refractivity contribution < 1.29 is 8.83 Å². The van der Waals surface area contributed by atoms with Crippen LogP contribution in [0, 0.1) is 0 Å². The minimum absolute atomic E-state index is 0.593. The molecule has 6 aromatic rings. The highest BCUT2D eigenvalue weighted by atomic mass is 35.5. The number of rotatable bonds is 4. The van der Waals surface area contributed by atoms with Crippen LogP contribution in [0.2, 0.25) is 5.02 Å². The van der Waals surface area contributed by atoms with E-state index in [4.69, 9.17) is 20.4 Å². The summed E-state index contributed by atoms with van der Waals surface area (Å²) in [4.78, 5) is 9.23. The molecule has 0 aliphatic rings. The van der Waals surface area contributed by atoms with E-state index < -0.39 is 0 Å². The number of aromatic nitrogens is 1. The molecule has 158 valence electrons. The largest absolute Gasteiger partial charge is 0.455 e. The summed E-state index contributed by atoms with van der Waals surface area (Å²) in [6.45, 7) is 0. The Morgan fingerprint density at radius 2 is 1.55 bits per heavy atom. The van der Waals surface area contributed by atoms with E-state index in [1.165, 1.54) is 5.39 Å². The van der Waals surface area contributed by atoms with Crippen LogP contribution in [-0.2, 0) is 0 Å². The molecular formula is C28H17ClN2O2. The predicted octanol–water partition coefficient (Wildman–Crippen LogP) is 8.31. The van der Waals surface area contributed by atoms with Crippen LogP contribution in [0.3, 0.4) is 0 Å². The second kappa shape index (κ2) is 8.08. The molecule has 0 fully saturated rings. The second-order valence-electron chi connectivity index (χ2n) is 7.70. The van der Waals surface area contributed by atoms with Crippen molar-refractivity contribution in [2.24, 2.45) is 4.99 Å². The van der Waals surface area contributed by atoms with Gasteiger partial charge in [-0.15, -0.1) is 0 Å². The SMILES string of the molecule is Clc1ccc(-c2ccc(C=Nc3ccc4oc(-c5ccc6ccccc6c5)nc4c3)o2)cc1. The molecule has 0 atom stereocenters. The van der Waals surface area contributed by atoms with Crippen LogP contribution in [0.1, 0.15) is 5.76 Å². The first-order valence-corrected chi connectivity index (χ1v) is 10.9. The predicted molar refractivity (Wildman–Crippen MR) is 133 cm³/mol. The molecule has 5 heteroatoms. The third-order valence-corrected chi connectivity index (χ3v) is 5.72. The number of nitrogens with zero attached hydrogens (tertiary/aromatic N) is 2. The Morgan fingerprint density at radius 1 is 0.727 bits per heavy atom. The highest BCUT2D eigenvalue weighted by molar-refractivity contribution is 6.30. The summed E-state index contributed by atoms with van der Waals surface area (Å²) in [6.07, 6.45) is 1.70. The summed E-state index contributed by atoms with van der Waals surface area (Å²) in [5, 5.41) is 3.03. The molecule has 4 aromatic carbocycles. The van der Waals surface area contributed by atoms with Crippen LogP contribution in [0.4, 0.5) is 5.69 Å². The standard InChI is InChI=1S/C28H17ClN2O2/c29-22-9-7-19(8-10-22)26-14-12-24(32-26)17-30-23-11-13-27-25(16-23)31-28(33-27)21-6-5-18-3-1-2-4-20(18)15-21/h1-17H. The van der Waals surface area contributed by atoms with Crippen LogP contribution < -0.4 is 0 Å². The Labute approximate surface area is 194 Å². The first kappa shape index (κ1) is 19.5. The third kappa shape index (κ3) is 3.93. The molecule has 0 unspecified atom stereocenters. The lowest BCUT2D eigenvalue weighted by Crippen LogP contribution is -1.78. The number of halogens is 1. The Kier molecular flexibility index (Phi) is 4.78. The molecule has 0 saturated heterocycles. The van der Waals surface area contributed by atoms with Crippen molar-refractivity contribution in [3.8, 4) is 22.8 Å². The number of benzene rings is 4. The summed E-state index contributed by atoms with van der Waals surface area (Å²) < 4.78 is 11.9. The molecule has 0 aliphatic heterocycles. The van der Waals surface area contributed by atoms with Gasteiger partial charge < -0.3 is 8.83 Å². The van der Waals surface area contributed by atoms with Crippen molar-refractivity contribution >= 4 is 45.4 Å². The van der Waals surface area contributed by atoms with Gasteiger partial charge in [0.15, 0.2) is 5.58 Å². The van der Waals surface area contributed by atoms with Gasteiger partial charge in [-0.2, -0.15) is 0 Å². The fourth-order valence-electron chi connectivity index (χ4n) is 3.77. The fraction of sp³-hybridized carbons (Fsp3) is 0. The minimum Gasteiger partial charge on any atom is -0.455 e. The number of oxazole rings is 1. The molecule has 4 nitrogen and oxygen atoms in total. The van der Waals surface area contributed by atoms with Crippen LogP contribution in [0.25, 0.3) is 44.7 Å². The molecule has 2 heterocycles. The van der Waals surface area contributed by atoms with Crippen molar-refractivity contribution in [1.82, 2.24) is 4.98 Å². The third-order valence-electron chi connectivity index (χ3n) is 5.46. The molecular weight excluding hydrogens is 432 g/mol. The van der Waals surface area contributed by atoms with Gasteiger partial charge in [-0.05, 0) is 77.5 Å². The van der Waals surface area contributed by atoms with Gasteiger partial charge in [0, 0.05) is 16.1 Å². The fourth-order valence-corrected chi connectivity index (χ4v) is 3.90. The summed E-state index contributed by atoms with van der Waals surface area (Å²) in [6, 6.07) is 31.5. The topological polar surface area (TPSA) is 51.5 Å². The first-order chi connectivity index (χ1) is 16.2. The Balaban J connectivity index is 1.26. The average Bonchev–Trinajstić information content (AvgIpc) is 3.50. The van der Waals surface area contributed by atoms with Gasteiger partial charge in [0.05, 0.1) is 11.9 Å². The van der Waals surface area contributed by atoms with E-state index in [-0.39, 0.29) is 0 Å². The van der Waals surface area contributed by atoms with E-state index in [1.54, 1.807) is 6.21 Å².